The molecular formula is C6H11ClOS. The molecule has 3 heteroatoms. The van der Waals surface area contributed by atoms with Crippen molar-refractivity contribution >= 4 is 29.5 Å². The summed E-state index contributed by atoms with van der Waals surface area (Å²) in [4.78, 5) is 10.2. The summed E-state index contributed by atoms with van der Waals surface area (Å²) in [6.45, 7) is 2.05. The van der Waals surface area contributed by atoms with Gasteiger partial charge in [-0.2, -0.15) is 12.6 Å². The van der Waals surface area contributed by atoms with Crippen molar-refractivity contribution in [3.8, 4) is 0 Å². The number of thiol groups is 1. The number of carbonyl (C=O) groups excluding carboxylic acids is 1. The first kappa shape index (κ1) is 9.31. The molecule has 0 bridgehead atoms. The molecule has 54 valence electrons. The van der Waals surface area contributed by atoms with Crippen molar-refractivity contribution in [1.82, 2.24) is 0 Å². The van der Waals surface area contributed by atoms with Gasteiger partial charge in [0.15, 0.2) is 0 Å². The minimum Gasteiger partial charge on any atom is -0.281 e. The van der Waals surface area contributed by atoms with E-state index in [0.29, 0.717) is 12.3 Å². The van der Waals surface area contributed by atoms with E-state index in [-0.39, 0.29) is 5.24 Å². The third-order valence-electron chi connectivity index (χ3n) is 1.15. The van der Waals surface area contributed by atoms with Crippen LogP contribution in [0.15, 0.2) is 0 Å². The molecule has 0 spiro atoms. The van der Waals surface area contributed by atoms with Crippen molar-refractivity contribution in [3.63, 3.8) is 0 Å². The van der Waals surface area contributed by atoms with Crippen LogP contribution in [0, 0.1) is 5.92 Å². The van der Waals surface area contributed by atoms with Crippen molar-refractivity contribution < 1.29 is 4.79 Å². The van der Waals surface area contributed by atoms with Crippen LogP contribution in [0.2, 0.25) is 0 Å². The molecule has 0 aromatic carbocycles. The molecule has 1 atom stereocenters. The van der Waals surface area contributed by atoms with E-state index >= 15 is 0 Å². The Labute approximate surface area is 66.2 Å². The maximum Gasteiger partial charge on any atom is 0.221 e. The first-order chi connectivity index (χ1) is 4.16. The standard InChI is InChI=1S/C6H11ClOS/c1-5(4-9)2-3-6(7)8/h5,9H,2-4H2,1H3. The van der Waals surface area contributed by atoms with Gasteiger partial charge in [0, 0.05) is 6.42 Å². The Bertz CT molecular complexity index is 95.1. The molecule has 0 rings (SSSR count). The maximum atomic E-state index is 10.2. The van der Waals surface area contributed by atoms with Gasteiger partial charge in [0.05, 0.1) is 0 Å². The molecule has 0 N–H and O–H groups in total. The predicted octanol–water partition coefficient (Wildman–Crippen LogP) is 2.10. The zero-order valence-corrected chi connectivity index (χ0v) is 7.08. The maximum absolute atomic E-state index is 10.2. The molecule has 0 aromatic heterocycles. The van der Waals surface area contributed by atoms with Gasteiger partial charge in [0.1, 0.15) is 0 Å². The second kappa shape index (κ2) is 5.12. The molecule has 0 aromatic rings. The highest BCUT2D eigenvalue weighted by atomic mass is 35.5. The third kappa shape index (κ3) is 6.19. The van der Waals surface area contributed by atoms with Gasteiger partial charge in [-0.25, -0.2) is 0 Å². The zero-order chi connectivity index (χ0) is 7.28. The smallest absolute Gasteiger partial charge is 0.221 e. The molecule has 1 nitrogen and oxygen atoms in total. The molecular weight excluding hydrogens is 156 g/mol. The number of hydrogen-bond donors (Lipinski definition) is 1. The van der Waals surface area contributed by atoms with E-state index in [4.69, 9.17) is 11.6 Å². The Morgan fingerprint density at radius 3 is 2.67 bits per heavy atom. The molecule has 0 saturated heterocycles. The predicted molar refractivity (Wildman–Crippen MR) is 43.1 cm³/mol. The van der Waals surface area contributed by atoms with E-state index in [1.54, 1.807) is 0 Å². The Morgan fingerprint density at radius 1 is 1.78 bits per heavy atom. The van der Waals surface area contributed by atoms with Gasteiger partial charge in [-0.15, -0.1) is 0 Å². The van der Waals surface area contributed by atoms with Gasteiger partial charge in [0.25, 0.3) is 0 Å². The van der Waals surface area contributed by atoms with Crippen molar-refractivity contribution in [2.24, 2.45) is 5.92 Å². The largest absolute Gasteiger partial charge is 0.281 e. The molecule has 1 unspecified atom stereocenters. The van der Waals surface area contributed by atoms with Crippen molar-refractivity contribution in [1.29, 1.82) is 0 Å². The molecule has 0 aliphatic carbocycles. The highest BCUT2D eigenvalue weighted by Crippen LogP contribution is 2.07. The van der Waals surface area contributed by atoms with Crippen LogP contribution in [0.4, 0.5) is 0 Å². The monoisotopic (exact) mass is 166 g/mol. The van der Waals surface area contributed by atoms with Gasteiger partial charge < -0.3 is 0 Å². The van der Waals surface area contributed by atoms with Crippen LogP contribution in [0.3, 0.4) is 0 Å². The van der Waals surface area contributed by atoms with Gasteiger partial charge in [-0.3, -0.25) is 4.79 Å². The van der Waals surface area contributed by atoms with Gasteiger partial charge >= 0.3 is 0 Å². The molecule has 9 heavy (non-hydrogen) atoms. The molecule has 0 aliphatic heterocycles. The highest BCUT2D eigenvalue weighted by Gasteiger charge is 2.01. The van der Waals surface area contributed by atoms with E-state index in [2.05, 4.69) is 12.6 Å². The third-order valence-corrected chi connectivity index (χ3v) is 1.96. The topological polar surface area (TPSA) is 17.1 Å². The first-order valence-corrected chi connectivity index (χ1v) is 3.97. The lowest BCUT2D eigenvalue weighted by atomic mass is 10.1. The van der Waals surface area contributed by atoms with Crippen LogP contribution in [0.25, 0.3) is 0 Å². The lowest BCUT2D eigenvalue weighted by Crippen LogP contribution is -1.98. The van der Waals surface area contributed by atoms with Crippen LogP contribution >= 0.6 is 24.2 Å². The SMILES string of the molecule is CC(CS)CCC(=O)Cl. The van der Waals surface area contributed by atoms with Gasteiger partial charge in [-0.05, 0) is 29.7 Å². The minimum atomic E-state index is -0.247. The number of carbonyl (C=O) groups is 1. The molecule has 0 radical (unpaired) electrons. The van der Waals surface area contributed by atoms with Crippen LogP contribution in [-0.4, -0.2) is 11.0 Å². The van der Waals surface area contributed by atoms with E-state index in [0.717, 1.165) is 12.2 Å². The van der Waals surface area contributed by atoms with E-state index < -0.39 is 0 Å². The normalized spacial score (nSPS) is 13.2. The Kier molecular flexibility index (Phi) is 5.30. The average Bonchev–Trinajstić information content (AvgIpc) is 1.83. The molecule has 0 saturated carbocycles. The molecule has 0 amide bonds. The quantitative estimate of drug-likeness (QED) is 0.500. The summed E-state index contributed by atoms with van der Waals surface area (Å²) < 4.78 is 0. The lowest BCUT2D eigenvalue weighted by molar-refractivity contribution is -0.111. The highest BCUT2D eigenvalue weighted by molar-refractivity contribution is 7.80. The molecule has 0 fully saturated rings. The Morgan fingerprint density at radius 2 is 2.33 bits per heavy atom. The summed E-state index contributed by atoms with van der Waals surface area (Å²) in [5.74, 6) is 1.32. The number of rotatable bonds is 4. The fraction of sp³-hybridized carbons (Fsp3) is 0.833. The number of hydrogen-bond acceptors (Lipinski definition) is 2. The van der Waals surface area contributed by atoms with Crippen LogP contribution < -0.4 is 0 Å². The second-order valence-electron chi connectivity index (χ2n) is 2.18. The summed E-state index contributed by atoms with van der Waals surface area (Å²) in [6, 6.07) is 0. The zero-order valence-electron chi connectivity index (χ0n) is 5.43. The van der Waals surface area contributed by atoms with E-state index in [1.807, 2.05) is 6.92 Å². The van der Waals surface area contributed by atoms with Gasteiger partial charge in [0.2, 0.25) is 5.24 Å². The van der Waals surface area contributed by atoms with Crippen LogP contribution in [0.1, 0.15) is 19.8 Å². The second-order valence-corrected chi connectivity index (χ2v) is 2.97. The lowest BCUT2D eigenvalue weighted by Gasteiger charge is -2.02. The van der Waals surface area contributed by atoms with E-state index in [1.165, 1.54) is 0 Å². The first-order valence-electron chi connectivity index (χ1n) is 2.96. The summed E-state index contributed by atoms with van der Waals surface area (Å²) in [6.07, 6.45) is 1.33. The molecule has 0 aliphatic rings. The summed E-state index contributed by atoms with van der Waals surface area (Å²) in [7, 11) is 0. The van der Waals surface area contributed by atoms with E-state index in [9.17, 15) is 4.79 Å². The summed E-state index contributed by atoms with van der Waals surface area (Å²) in [5.41, 5.74) is 0. The Hall–Kier alpha value is 0.310. The van der Waals surface area contributed by atoms with Crippen LogP contribution in [0.5, 0.6) is 0 Å². The summed E-state index contributed by atoms with van der Waals surface area (Å²) in [5, 5.41) is -0.247. The summed E-state index contributed by atoms with van der Waals surface area (Å²) >= 11 is 9.18. The number of halogens is 1. The fourth-order valence-electron chi connectivity index (χ4n) is 0.451. The fourth-order valence-corrected chi connectivity index (χ4v) is 0.743. The van der Waals surface area contributed by atoms with Crippen molar-refractivity contribution in [3.05, 3.63) is 0 Å². The Balaban J connectivity index is 3.16. The molecule has 0 heterocycles. The van der Waals surface area contributed by atoms with Crippen LogP contribution in [-0.2, 0) is 4.79 Å². The van der Waals surface area contributed by atoms with Crippen molar-refractivity contribution in [2.45, 2.75) is 19.8 Å². The van der Waals surface area contributed by atoms with Crippen molar-refractivity contribution in [2.75, 3.05) is 5.75 Å². The average molecular weight is 167 g/mol. The van der Waals surface area contributed by atoms with Gasteiger partial charge in [-0.1, -0.05) is 6.92 Å². The minimum absolute atomic E-state index is 0.247.